The molecule has 0 spiro atoms. The maximum absolute atomic E-state index is 12.1. The number of carbonyl (C=O) groups is 2. The average molecular weight is 425 g/mol. The molecule has 2 heterocycles. The van der Waals surface area contributed by atoms with E-state index in [0.29, 0.717) is 27.8 Å². The Labute approximate surface area is 166 Å². The lowest BCUT2D eigenvalue weighted by Gasteiger charge is -2.09. The normalized spacial score (nSPS) is 11.2. The van der Waals surface area contributed by atoms with Gasteiger partial charge in [0, 0.05) is 11.1 Å². The van der Waals surface area contributed by atoms with E-state index >= 15 is 0 Å². The van der Waals surface area contributed by atoms with Crippen LogP contribution in [0, 0.1) is 6.92 Å². The van der Waals surface area contributed by atoms with Crippen LogP contribution in [0.2, 0.25) is 0 Å². The first kappa shape index (κ1) is 20.4. The van der Waals surface area contributed by atoms with Crippen molar-refractivity contribution in [1.29, 1.82) is 0 Å². The second kappa shape index (κ2) is 8.35. The number of rotatable bonds is 6. The van der Waals surface area contributed by atoms with Crippen LogP contribution in [0.5, 0.6) is 5.75 Å². The minimum Gasteiger partial charge on any atom is -0.469 e. The molecule has 152 valence electrons. The van der Waals surface area contributed by atoms with Crippen molar-refractivity contribution in [3.8, 4) is 5.75 Å². The van der Waals surface area contributed by atoms with Crippen molar-refractivity contribution >= 4 is 34.0 Å². The third kappa shape index (κ3) is 5.82. The Morgan fingerprint density at radius 1 is 1.17 bits per heavy atom. The molecule has 0 atom stereocenters. The number of nitrogens with zero attached hydrogens (tertiary/aromatic N) is 1. The van der Waals surface area contributed by atoms with Crippen LogP contribution in [0.3, 0.4) is 0 Å². The highest BCUT2D eigenvalue weighted by Gasteiger charge is 2.31. The van der Waals surface area contributed by atoms with Gasteiger partial charge in [0.1, 0.15) is 11.5 Å². The van der Waals surface area contributed by atoms with Gasteiger partial charge in [-0.05, 0) is 37.3 Å². The number of benzene rings is 1. The van der Waals surface area contributed by atoms with E-state index in [2.05, 4.69) is 20.4 Å². The molecule has 0 aliphatic carbocycles. The highest BCUT2D eigenvalue weighted by atomic mass is 32.1. The summed E-state index contributed by atoms with van der Waals surface area (Å²) in [5, 5.41) is 7.12. The van der Waals surface area contributed by atoms with Gasteiger partial charge in [-0.3, -0.25) is 14.9 Å². The van der Waals surface area contributed by atoms with Crippen LogP contribution in [0.4, 0.5) is 24.0 Å². The molecular formula is C18H14F3N3O4S. The van der Waals surface area contributed by atoms with Crippen molar-refractivity contribution < 1.29 is 31.9 Å². The number of alkyl halides is 3. The van der Waals surface area contributed by atoms with E-state index in [1.807, 2.05) is 0 Å². The average Bonchev–Trinajstić information content (AvgIpc) is 3.24. The van der Waals surface area contributed by atoms with Gasteiger partial charge in [0.25, 0.3) is 5.91 Å². The zero-order valence-corrected chi connectivity index (χ0v) is 15.7. The van der Waals surface area contributed by atoms with E-state index in [-0.39, 0.29) is 18.1 Å². The smallest absolute Gasteiger partial charge is 0.469 e. The van der Waals surface area contributed by atoms with Crippen LogP contribution >= 0.6 is 11.3 Å². The summed E-state index contributed by atoms with van der Waals surface area (Å²) in [7, 11) is 0. The predicted octanol–water partition coefficient (Wildman–Crippen LogP) is 4.38. The van der Waals surface area contributed by atoms with Gasteiger partial charge in [-0.25, -0.2) is 4.98 Å². The molecule has 7 nitrogen and oxygen atoms in total. The second-order valence-corrected chi connectivity index (χ2v) is 6.64. The van der Waals surface area contributed by atoms with Crippen molar-refractivity contribution in [3.63, 3.8) is 0 Å². The number of hydrogen-bond acceptors (Lipinski definition) is 6. The molecule has 3 rings (SSSR count). The highest BCUT2D eigenvalue weighted by molar-refractivity contribution is 7.14. The standard InChI is InChI=1S/C18H14F3N3O4S/c1-10-14(6-7-27-10)16(26)24-17-23-12(9-29-17)8-15(25)22-11-2-4-13(5-3-11)28-18(19,20)21/h2-7,9H,8H2,1H3,(H,22,25)(H,23,24,26). The molecule has 0 unspecified atom stereocenters. The Kier molecular flexibility index (Phi) is 5.87. The minimum absolute atomic E-state index is 0.0715. The number of amides is 2. The Balaban J connectivity index is 1.53. The Morgan fingerprint density at radius 3 is 2.52 bits per heavy atom. The molecule has 2 N–H and O–H groups in total. The molecule has 0 bridgehead atoms. The van der Waals surface area contributed by atoms with E-state index in [9.17, 15) is 22.8 Å². The first-order valence-electron chi connectivity index (χ1n) is 8.15. The number of nitrogens with one attached hydrogen (secondary N) is 2. The maximum Gasteiger partial charge on any atom is 0.573 e. The lowest BCUT2D eigenvalue weighted by Crippen LogP contribution is -2.17. The molecule has 3 aromatic rings. The number of furan rings is 1. The molecule has 0 fully saturated rings. The van der Waals surface area contributed by atoms with Gasteiger partial charge >= 0.3 is 6.36 Å². The third-order valence-electron chi connectivity index (χ3n) is 3.59. The van der Waals surface area contributed by atoms with Gasteiger partial charge in [0.2, 0.25) is 5.91 Å². The number of aromatic nitrogens is 1. The molecule has 0 saturated heterocycles. The number of aryl methyl sites for hydroxylation is 1. The number of hydrogen-bond donors (Lipinski definition) is 2. The maximum atomic E-state index is 12.1. The van der Waals surface area contributed by atoms with E-state index in [0.717, 1.165) is 23.5 Å². The first-order valence-corrected chi connectivity index (χ1v) is 9.03. The molecule has 0 saturated carbocycles. The van der Waals surface area contributed by atoms with Crippen LogP contribution in [-0.2, 0) is 11.2 Å². The quantitative estimate of drug-likeness (QED) is 0.612. The molecule has 1 aromatic carbocycles. The third-order valence-corrected chi connectivity index (χ3v) is 4.40. The number of halogens is 3. The lowest BCUT2D eigenvalue weighted by molar-refractivity contribution is -0.274. The summed E-state index contributed by atoms with van der Waals surface area (Å²) in [5.41, 5.74) is 1.13. The molecule has 11 heteroatoms. The van der Waals surface area contributed by atoms with Crippen LogP contribution in [0.15, 0.2) is 46.4 Å². The molecule has 2 aromatic heterocycles. The van der Waals surface area contributed by atoms with Gasteiger partial charge in [-0.1, -0.05) is 0 Å². The van der Waals surface area contributed by atoms with Crippen molar-refractivity contribution in [2.24, 2.45) is 0 Å². The zero-order valence-electron chi connectivity index (χ0n) is 14.9. The Hall–Kier alpha value is -3.34. The summed E-state index contributed by atoms with van der Waals surface area (Å²) < 4.78 is 45.3. The van der Waals surface area contributed by atoms with Gasteiger partial charge < -0.3 is 14.5 Å². The van der Waals surface area contributed by atoms with Crippen LogP contribution in [0.25, 0.3) is 0 Å². The molecule has 0 radical (unpaired) electrons. The molecule has 2 amide bonds. The topological polar surface area (TPSA) is 93.5 Å². The number of anilines is 2. The van der Waals surface area contributed by atoms with Gasteiger partial charge in [-0.2, -0.15) is 0 Å². The second-order valence-electron chi connectivity index (χ2n) is 5.79. The monoisotopic (exact) mass is 425 g/mol. The van der Waals surface area contributed by atoms with E-state index < -0.39 is 12.3 Å². The summed E-state index contributed by atoms with van der Waals surface area (Å²) in [5.74, 6) is -0.695. The largest absolute Gasteiger partial charge is 0.573 e. The molecule has 0 aliphatic rings. The van der Waals surface area contributed by atoms with Crippen LogP contribution in [-0.4, -0.2) is 23.2 Å². The zero-order chi connectivity index (χ0) is 21.0. The SMILES string of the molecule is Cc1occc1C(=O)Nc1nc(CC(=O)Nc2ccc(OC(F)(F)F)cc2)cs1. The van der Waals surface area contributed by atoms with E-state index in [1.54, 1.807) is 12.3 Å². The minimum atomic E-state index is -4.78. The van der Waals surface area contributed by atoms with Crippen molar-refractivity contribution in [2.75, 3.05) is 10.6 Å². The van der Waals surface area contributed by atoms with Crippen molar-refractivity contribution in [1.82, 2.24) is 4.98 Å². The fourth-order valence-electron chi connectivity index (χ4n) is 2.34. The summed E-state index contributed by atoms with van der Waals surface area (Å²) in [6.45, 7) is 1.66. The van der Waals surface area contributed by atoms with Crippen LogP contribution in [0.1, 0.15) is 21.8 Å². The number of carbonyl (C=O) groups excluding carboxylic acids is 2. The highest BCUT2D eigenvalue weighted by Crippen LogP contribution is 2.24. The van der Waals surface area contributed by atoms with Crippen molar-refractivity contribution in [2.45, 2.75) is 19.7 Å². The Morgan fingerprint density at radius 2 is 1.90 bits per heavy atom. The lowest BCUT2D eigenvalue weighted by atomic mass is 10.2. The summed E-state index contributed by atoms with van der Waals surface area (Å²) in [6, 6.07) is 6.31. The fraction of sp³-hybridized carbons (Fsp3) is 0.167. The van der Waals surface area contributed by atoms with E-state index in [1.165, 1.54) is 24.5 Å². The summed E-state index contributed by atoms with van der Waals surface area (Å²) in [4.78, 5) is 28.4. The Bertz CT molecular complexity index is 1010. The fourth-order valence-corrected chi connectivity index (χ4v) is 3.05. The molecule has 29 heavy (non-hydrogen) atoms. The predicted molar refractivity (Wildman–Crippen MR) is 99.0 cm³/mol. The van der Waals surface area contributed by atoms with Gasteiger partial charge in [0.15, 0.2) is 5.13 Å². The van der Waals surface area contributed by atoms with Gasteiger partial charge in [0.05, 0.1) is 23.9 Å². The number of thiazole rings is 1. The van der Waals surface area contributed by atoms with Crippen molar-refractivity contribution in [3.05, 3.63) is 59.0 Å². The summed E-state index contributed by atoms with van der Waals surface area (Å²) >= 11 is 1.16. The van der Waals surface area contributed by atoms with E-state index in [4.69, 9.17) is 4.42 Å². The first-order chi connectivity index (χ1) is 13.7. The molecular weight excluding hydrogens is 411 g/mol. The van der Waals surface area contributed by atoms with Gasteiger partial charge in [-0.15, -0.1) is 24.5 Å². The molecule has 0 aliphatic heterocycles. The number of ether oxygens (including phenoxy) is 1. The van der Waals surface area contributed by atoms with Crippen LogP contribution < -0.4 is 15.4 Å². The summed E-state index contributed by atoms with van der Waals surface area (Å²) in [6.07, 6.45) is -3.44.